The van der Waals surface area contributed by atoms with Gasteiger partial charge in [0.25, 0.3) is 0 Å². The second kappa shape index (κ2) is 6.95. The average molecular weight is 255 g/mol. The molecule has 2 heteroatoms. The Morgan fingerprint density at radius 2 is 1.84 bits per heavy atom. The number of hydrogen-bond acceptors (Lipinski definition) is 2. The molecule has 100 valence electrons. The van der Waals surface area contributed by atoms with Crippen molar-refractivity contribution in [3.8, 4) is 5.75 Å². The number of ether oxygens (including phenoxy) is 1. The van der Waals surface area contributed by atoms with Gasteiger partial charge in [-0.25, -0.2) is 0 Å². The maximum absolute atomic E-state index is 6.13. The molecular formula is C17H21NO. The third-order valence-electron chi connectivity index (χ3n) is 3.13. The van der Waals surface area contributed by atoms with Gasteiger partial charge in [0, 0.05) is 6.04 Å². The molecule has 0 bridgehead atoms. The summed E-state index contributed by atoms with van der Waals surface area (Å²) < 4.78 is 5.81. The summed E-state index contributed by atoms with van der Waals surface area (Å²) in [5, 5.41) is 0. The maximum atomic E-state index is 6.13. The Hall–Kier alpha value is -1.80. The van der Waals surface area contributed by atoms with Crippen LogP contribution in [0.15, 0.2) is 54.6 Å². The molecule has 0 unspecified atom stereocenters. The van der Waals surface area contributed by atoms with Gasteiger partial charge in [0.2, 0.25) is 0 Å². The first-order valence-electron chi connectivity index (χ1n) is 6.82. The fourth-order valence-corrected chi connectivity index (χ4v) is 2.05. The van der Waals surface area contributed by atoms with Crippen molar-refractivity contribution >= 4 is 0 Å². The first-order chi connectivity index (χ1) is 9.29. The van der Waals surface area contributed by atoms with Gasteiger partial charge in [-0.3, -0.25) is 0 Å². The van der Waals surface area contributed by atoms with E-state index in [4.69, 9.17) is 10.5 Å². The van der Waals surface area contributed by atoms with E-state index in [1.807, 2.05) is 36.4 Å². The van der Waals surface area contributed by atoms with Gasteiger partial charge in [-0.1, -0.05) is 55.8 Å². The molecule has 2 rings (SSSR count). The van der Waals surface area contributed by atoms with Gasteiger partial charge in [0.05, 0.1) is 0 Å². The zero-order valence-electron chi connectivity index (χ0n) is 11.4. The third kappa shape index (κ3) is 4.11. The highest BCUT2D eigenvalue weighted by Gasteiger charge is 2.05. The number of rotatable bonds is 6. The zero-order valence-corrected chi connectivity index (χ0v) is 11.4. The highest BCUT2D eigenvalue weighted by Crippen LogP contribution is 2.21. The normalized spacial score (nSPS) is 12.1. The SMILES string of the molecule is CCC[C@@H](N)c1cccc(OCc2ccccc2)c1. The van der Waals surface area contributed by atoms with Gasteiger partial charge in [-0.15, -0.1) is 0 Å². The van der Waals surface area contributed by atoms with Crippen LogP contribution in [-0.2, 0) is 6.61 Å². The fraction of sp³-hybridized carbons (Fsp3) is 0.294. The Kier molecular flexibility index (Phi) is 4.99. The first kappa shape index (κ1) is 13.6. The van der Waals surface area contributed by atoms with E-state index < -0.39 is 0 Å². The van der Waals surface area contributed by atoms with Crippen molar-refractivity contribution in [3.05, 3.63) is 65.7 Å². The number of hydrogen-bond donors (Lipinski definition) is 1. The van der Waals surface area contributed by atoms with Crippen molar-refractivity contribution in [1.82, 2.24) is 0 Å². The molecule has 0 fully saturated rings. The van der Waals surface area contributed by atoms with Crippen LogP contribution in [-0.4, -0.2) is 0 Å². The molecule has 0 amide bonds. The summed E-state index contributed by atoms with van der Waals surface area (Å²) in [6.45, 7) is 2.74. The predicted octanol–water partition coefficient (Wildman–Crippen LogP) is 4.07. The quantitative estimate of drug-likeness (QED) is 0.844. The van der Waals surface area contributed by atoms with Crippen LogP contribution < -0.4 is 10.5 Å². The zero-order chi connectivity index (χ0) is 13.5. The van der Waals surface area contributed by atoms with Crippen LogP contribution >= 0.6 is 0 Å². The second-order valence-corrected chi connectivity index (χ2v) is 4.74. The molecule has 0 heterocycles. The van der Waals surface area contributed by atoms with Crippen molar-refractivity contribution < 1.29 is 4.74 Å². The molecule has 2 nitrogen and oxygen atoms in total. The molecule has 0 radical (unpaired) electrons. The third-order valence-corrected chi connectivity index (χ3v) is 3.13. The van der Waals surface area contributed by atoms with E-state index in [0.717, 1.165) is 24.2 Å². The molecule has 1 atom stereocenters. The predicted molar refractivity (Wildman–Crippen MR) is 79.1 cm³/mol. The summed E-state index contributed by atoms with van der Waals surface area (Å²) in [6.07, 6.45) is 2.10. The van der Waals surface area contributed by atoms with Gasteiger partial charge in [-0.2, -0.15) is 0 Å². The van der Waals surface area contributed by atoms with E-state index in [1.54, 1.807) is 0 Å². The summed E-state index contributed by atoms with van der Waals surface area (Å²) in [4.78, 5) is 0. The van der Waals surface area contributed by atoms with E-state index in [9.17, 15) is 0 Å². The molecule has 0 saturated carbocycles. The minimum absolute atomic E-state index is 0.102. The monoisotopic (exact) mass is 255 g/mol. The highest BCUT2D eigenvalue weighted by molar-refractivity contribution is 5.30. The van der Waals surface area contributed by atoms with Crippen LogP contribution in [0.1, 0.15) is 36.9 Å². The molecule has 19 heavy (non-hydrogen) atoms. The lowest BCUT2D eigenvalue weighted by atomic mass is 10.0. The molecule has 2 N–H and O–H groups in total. The molecule has 0 aliphatic heterocycles. The Morgan fingerprint density at radius 3 is 2.58 bits per heavy atom. The lowest BCUT2D eigenvalue weighted by molar-refractivity contribution is 0.305. The van der Waals surface area contributed by atoms with Crippen LogP contribution in [0.25, 0.3) is 0 Å². The van der Waals surface area contributed by atoms with E-state index in [0.29, 0.717) is 6.61 Å². The van der Waals surface area contributed by atoms with Crippen LogP contribution in [0, 0.1) is 0 Å². The van der Waals surface area contributed by atoms with Gasteiger partial charge in [-0.05, 0) is 29.7 Å². The van der Waals surface area contributed by atoms with Crippen molar-refractivity contribution in [2.45, 2.75) is 32.4 Å². The highest BCUT2D eigenvalue weighted by atomic mass is 16.5. The molecule has 0 spiro atoms. The summed E-state index contributed by atoms with van der Waals surface area (Å²) in [7, 11) is 0. The van der Waals surface area contributed by atoms with Crippen LogP contribution in [0.4, 0.5) is 0 Å². The summed E-state index contributed by atoms with van der Waals surface area (Å²) in [5.41, 5.74) is 8.44. The first-order valence-corrected chi connectivity index (χ1v) is 6.82. The topological polar surface area (TPSA) is 35.2 Å². The number of nitrogens with two attached hydrogens (primary N) is 1. The second-order valence-electron chi connectivity index (χ2n) is 4.74. The smallest absolute Gasteiger partial charge is 0.120 e. The largest absolute Gasteiger partial charge is 0.489 e. The van der Waals surface area contributed by atoms with E-state index >= 15 is 0 Å². The van der Waals surface area contributed by atoms with Crippen molar-refractivity contribution in [2.24, 2.45) is 5.73 Å². The molecule has 0 aromatic heterocycles. The number of benzene rings is 2. The Bertz CT molecular complexity index is 496. The summed E-state index contributed by atoms with van der Waals surface area (Å²) >= 11 is 0. The minimum Gasteiger partial charge on any atom is -0.489 e. The minimum atomic E-state index is 0.102. The van der Waals surface area contributed by atoms with Crippen LogP contribution in [0.5, 0.6) is 5.75 Å². The van der Waals surface area contributed by atoms with Gasteiger partial charge < -0.3 is 10.5 Å². The lowest BCUT2D eigenvalue weighted by Crippen LogP contribution is -2.09. The Labute approximate surface area is 115 Å². The van der Waals surface area contributed by atoms with Crippen molar-refractivity contribution in [1.29, 1.82) is 0 Å². The van der Waals surface area contributed by atoms with Gasteiger partial charge in [0.15, 0.2) is 0 Å². The summed E-state index contributed by atoms with van der Waals surface area (Å²) in [6, 6.07) is 18.4. The molecular weight excluding hydrogens is 234 g/mol. The van der Waals surface area contributed by atoms with E-state index in [1.165, 1.54) is 5.56 Å². The Morgan fingerprint density at radius 1 is 1.05 bits per heavy atom. The molecule has 2 aromatic rings. The van der Waals surface area contributed by atoms with E-state index in [2.05, 4.69) is 25.1 Å². The lowest BCUT2D eigenvalue weighted by Gasteiger charge is -2.13. The average Bonchev–Trinajstić information content (AvgIpc) is 2.47. The molecule has 0 aliphatic rings. The fourth-order valence-electron chi connectivity index (χ4n) is 2.05. The van der Waals surface area contributed by atoms with E-state index in [-0.39, 0.29) is 6.04 Å². The summed E-state index contributed by atoms with van der Waals surface area (Å²) in [5.74, 6) is 0.882. The standard InChI is InChI=1S/C17H21NO/c1-2-7-17(18)15-10-6-11-16(12-15)19-13-14-8-4-3-5-9-14/h3-6,8-12,17H,2,7,13,18H2,1H3/t17-/m1/s1. The molecule has 0 saturated heterocycles. The van der Waals surface area contributed by atoms with Crippen molar-refractivity contribution in [3.63, 3.8) is 0 Å². The van der Waals surface area contributed by atoms with Gasteiger partial charge in [0.1, 0.15) is 12.4 Å². The molecule has 2 aromatic carbocycles. The maximum Gasteiger partial charge on any atom is 0.120 e. The van der Waals surface area contributed by atoms with Gasteiger partial charge >= 0.3 is 0 Å². The Balaban J connectivity index is 1.99. The van der Waals surface area contributed by atoms with Crippen molar-refractivity contribution in [2.75, 3.05) is 0 Å². The molecule has 0 aliphatic carbocycles. The van der Waals surface area contributed by atoms with Crippen LogP contribution in [0.3, 0.4) is 0 Å². The van der Waals surface area contributed by atoms with Crippen LogP contribution in [0.2, 0.25) is 0 Å².